The predicted octanol–water partition coefficient (Wildman–Crippen LogP) is 5.05. The minimum atomic E-state index is -0.607. The monoisotopic (exact) mass is 495 g/mol. The van der Waals surface area contributed by atoms with Gasteiger partial charge in [-0.1, -0.05) is 59.8 Å². The topological polar surface area (TPSA) is 81.1 Å². The zero-order valence-corrected chi connectivity index (χ0v) is 19.3. The van der Waals surface area contributed by atoms with Crippen LogP contribution in [0.15, 0.2) is 84.0 Å². The van der Waals surface area contributed by atoms with Crippen molar-refractivity contribution in [3.8, 4) is 5.75 Å². The molecule has 2 N–H and O–H groups in total. The number of halogens is 2. The molecule has 0 unspecified atom stereocenters. The van der Waals surface area contributed by atoms with Gasteiger partial charge in [-0.05, 0) is 48.0 Å². The van der Waals surface area contributed by atoms with Crippen LogP contribution in [0.5, 0.6) is 5.75 Å². The number of para-hydroxylation sites is 1. The van der Waals surface area contributed by atoms with Crippen LogP contribution in [0.3, 0.4) is 0 Å². The van der Waals surface area contributed by atoms with Crippen molar-refractivity contribution in [3.63, 3.8) is 0 Å². The van der Waals surface area contributed by atoms with Crippen LogP contribution >= 0.6 is 23.4 Å². The lowest BCUT2D eigenvalue weighted by Crippen LogP contribution is -2.41. The Morgan fingerprint density at radius 1 is 1.09 bits per heavy atom. The number of amides is 1. The van der Waals surface area contributed by atoms with Gasteiger partial charge in [0.2, 0.25) is 11.1 Å². The quantitative estimate of drug-likeness (QED) is 0.390. The van der Waals surface area contributed by atoms with Gasteiger partial charge in [-0.15, -0.1) is 10.2 Å². The zero-order chi connectivity index (χ0) is 23.5. The summed E-state index contributed by atoms with van der Waals surface area (Å²) in [7, 11) is 0. The average Bonchev–Trinajstić information content (AvgIpc) is 3.25. The molecule has 1 aromatic heterocycles. The number of hydrogen-bond donors (Lipinski definition) is 2. The van der Waals surface area contributed by atoms with Crippen LogP contribution in [-0.2, 0) is 11.4 Å². The average molecular weight is 496 g/mol. The first-order valence-electron chi connectivity index (χ1n) is 10.4. The lowest BCUT2D eigenvalue weighted by atomic mass is 10.0. The molecule has 0 saturated heterocycles. The summed E-state index contributed by atoms with van der Waals surface area (Å²) in [6.07, 6.45) is 0. The number of carbonyl (C=O) groups is 1. The lowest BCUT2D eigenvalue weighted by Gasteiger charge is -2.33. The SMILES string of the molecule is O=C(Nc1cccc(Cl)c1)[C@@H]1Sc2nnc(COc3ccccc3)n2N[C@@H]1c1ccc(F)cc1. The fraction of sp³-hybridized carbons (Fsp3) is 0.125. The molecule has 3 aromatic carbocycles. The van der Waals surface area contributed by atoms with E-state index in [2.05, 4.69) is 20.9 Å². The summed E-state index contributed by atoms with van der Waals surface area (Å²) in [6.45, 7) is 0.181. The van der Waals surface area contributed by atoms with E-state index in [9.17, 15) is 9.18 Å². The molecular weight excluding hydrogens is 477 g/mol. The normalized spacial score (nSPS) is 16.9. The lowest BCUT2D eigenvalue weighted by molar-refractivity contribution is -0.116. The summed E-state index contributed by atoms with van der Waals surface area (Å²) in [4.78, 5) is 13.3. The fourth-order valence-corrected chi connectivity index (χ4v) is 4.85. The summed E-state index contributed by atoms with van der Waals surface area (Å²) in [5, 5.41) is 11.8. The van der Waals surface area contributed by atoms with E-state index in [1.165, 1.54) is 23.9 Å². The van der Waals surface area contributed by atoms with Gasteiger partial charge in [0.15, 0.2) is 5.82 Å². The van der Waals surface area contributed by atoms with Gasteiger partial charge >= 0.3 is 0 Å². The summed E-state index contributed by atoms with van der Waals surface area (Å²) in [5.41, 5.74) is 4.66. The van der Waals surface area contributed by atoms with Crippen molar-refractivity contribution >= 4 is 35.0 Å². The van der Waals surface area contributed by atoms with Gasteiger partial charge in [-0.2, -0.15) is 0 Å². The van der Waals surface area contributed by atoms with Gasteiger partial charge in [0.25, 0.3) is 0 Å². The molecule has 2 heterocycles. The molecule has 1 amide bonds. The van der Waals surface area contributed by atoms with Crippen molar-refractivity contribution < 1.29 is 13.9 Å². The Labute approximate surface area is 204 Å². The van der Waals surface area contributed by atoms with E-state index in [-0.39, 0.29) is 18.3 Å². The number of aromatic nitrogens is 3. The van der Waals surface area contributed by atoms with Crippen molar-refractivity contribution in [2.45, 2.75) is 23.1 Å². The first-order valence-corrected chi connectivity index (χ1v) is 11.7. The third kappa shape index (κ3) is 4.85. The first kappa shape index (κ1) is 22.2. The molecule has 0 radical (unpaired) electrons. The molecule has 0 saturated carbocycles. The standard InChI is InChI=1S/C24H19ClFN5O2S/c25-16-5-4-6-18(13-16)27-23(32)22-21(15-9-11-17(26)12-10-15)30-31-20(28-29-24(31)34-22)14-33-19-7-2-1-3-8-19/h1-13,21-22,30H,14H2,(H,27,32)/t21-,22-/m1/s1. The zero-order valence-electron chi connectivity index (χ0n) is 17.7. The Balaban J connectivity index is 1.42. The van der Waals surface area contributed by atoms with Crippen LogP contribution in [-0.4, -0.2) is 26.0 Å². The number of ether oxygens (including phenoxy) is 1. The van der Waals surface area contributed by atoms with E-state index in [1.807, 2.05) is 30.3 Å². The van der Waals surface area contributed by atoms with E-state index >= 15 is 0 Å². The summed E-state index contributed by atoms with van der Waals surface area (Å²) in [5.74, 6) is 0.656. The number of fused-ring (bicyclic) bond motifs is 1. The van der Waals surface area contributed by atoms with E-state index < -0.39 is 11.3 Å². The molecule has 0 fully saturated rings. The summed E-state index contributed by atoms with van der Waals surface area (Å²) >= 11 is 7.33. The molecule has 2 atom stereocenters. The molecule has 34 heavy (non-hydrogen) atoms. The number of rotatable bonds is 6. The number of hydrogen-bond acceptors (Lipinski definition) is 6. The smallest absolute Gasteiger partial charge is 0.240 e. The molecule has 0 aliphatic carbocycles. The second kappa shape index (κ2) is 9.74. The Hall–Kier alpha value is -3.56. The molecule has 5 rings (SSSR count). The number of nitrogens with one attached hydrogen (secondary N) is 2. The van der Waals surface area contributed by atoms with Crippen molar-refractivity contribution in [1.82, 2.24) is 14.9 Å². The maximum atomic E-state index is 13.6. The van der Waals surface area contributed by atoms with Crippen molar-refractivity contribution in [1.29, 1.82) is 0 Å². The summed E-state index contributed by atoms with van der Waals surface area (Å²) in [6, 6.07) is 21.9. The van der Waals surface area contributed by atoms with Crippen molar-refractivity contribution in [2.24, 2.45) is 0 Å². The molecule has 7 nitrogen and oxygen atoms in total. The molecule has 172 valence electrons. The second-order valence-electron chi connectivity index (χ2n) is 7.53. The summed E-state index contributed by atoms with van der Waals surface area (Å²) < 4.78 is 21.1. The first-order chi connectivity index (χ1) is 16.6. The Kier molecular flexibility index (Phi) is 6.37. The van der Waals surface area contributed by atoms with E-state index in [4.69, 9.17) is 16.3 Å². The van der Waals surface area contributed by atoms with Crippen LogP contribution in [0.2, 0.25) is 5.02 Å². The highest BCUT2D eigenvalue weighted by Gasteiger charge is 2.38. The Morgan fingerprint density at radius 3 is 2.65 bits per heavy atom. The van der Waals surface area contributed by atoms with Crippen LogP contribution in [0.1, 0.15) is 17.4 Å². The third-order valence-electron chi connectivity index (χ3n) is 5.19. The van der Waals surface area contributed by atoms with Gasteiger partial charge in [-0.3, -0.25) is 4.79 Å². The molecular formula is C24H19ClFN5O2S. The highest BCUT2D eigenvalue weighted by atomic mass is 35.5. The molecule has 4 aromatic rings. The number of carbonyl (C=O) groups excluding carboxylic acids is 1. The molecule has 1 aliphatic rings. The molecule has 1 aliphatic heterocycles. The maximum Gasteiger partial charge on any atom is 0.240 e. The van der Waals surface area contributed by atoms with Crippen molar-refractivity contribution in [2.75, 3.05) is 10.7 Å². The van der Waals surface area contributed by atoms with Gasteiger partial charge in [0, 0.05) is 10.7 Å². The Morgan fingerprint density at radius 2 is 1.88 bits per heavy atom. The number of anilines is 1. The predicted molar refractivity (Wildman–Crippen MR) is 129 cm³/mol. The van der Waals surface area contributed by atoms with Crippen LogP contribution in [0.4, 0.5) is 10.1 Å². The van der Waals surface area contributed by atoms with Crippen LogP contribution in [0.25, 0.3) is 0 Å². The third-order valence-corrected chi connectivity index (χ3v) is 6.64. The maximum absolute atomic E-state index is 13.6. The fourth-order valence-electron chi connectivity index (χ4n) is 3.56. The largest absolute Gasteiger partial charge is 0.486 e. The van der Waals surface area contributed by atoms with E-state index in [0.29, 0.717) is 27.4 Å². The minimum Gasteiger partial charge on any atom is -0.486 e. The van der Waals surface area contributed by atoms with Gasteiger partial charge in [0.1, 0.15) is 23.4 Å². The van der Waals surface area contributed by atoms with E-state index in [1.54, 1.807) is 41.1 Å². The Bertz CT molecular complexity index is 1300. The number of nitrogens with zero attached hydrogens (tertiary/aromatic N) is 3. The second-order valence-corrected chi connectivity index (χ2v) is 9.08. The highest BCUT2D eigenvalue weighted by molar-refractivity contribution is 8.00. The molecule has 0 bridgehead atoms. The van der Waals surface area contributed by atoms with E-state index in [0.717, 1.165) is 5.56 Å². The van der Waals surface area contributed by atoms with Crippen LogP contribution < -0.4 is 15.5 Å². The number of benzene rings is 3. The minimum absolute atomic E-state index is 0.181. The highest BCUT2D eigenvalue weighted by Crippen LogP contribution is 2.38. The van der Waals surface area contributed by atoms with Crippen LogP contribution in [0, 0.1) is 5.82 Å². The number of thioether (sulfide) groups is 1. The molecule has 0 spiro atoms. The van der Waals surface area contributed by atoms with Gasteiger partial charge < -0.3 is 15.5 Å². The van der Waals surface area contributed by atoms with Crippen molar-refractivity contribution in [3.05, 3.63) is 101 Å². The van der Waals surface area contributed by atoms with Gasteiger partial charge in [0.05, 0.1) is 6.04 Å². The molecule has 10 heteroatoms. The van der Waals surface area contributed by atoms with Gasteiger partial charge in [-0.25, -0.2) is 9.07 Å².